The molecule has 1 aromatic heterocycles. The minimum absolute atomic E-state index is 0.126. The van der Waals surface area contributed by atoms with Gasteiger partial charge in [0.2, 0.25) is 0 Å². The van der Waals surface area contributed by atoms with Crippen LogP contribution in [0.3, 0.4) is 0 Å². The smallest absolute Gasteiger partial charge is 0.257 e. The molecule has 5 heteroatoms. The van der Waals surface area contributed by atoms with Gasteiger partial charge in [-0.05, 0) is 32.7 Å². The first-order valence-corrected chi connectivity index (χ1v) is 7.21. The predicted octanol–water partition coefficient (Wildman–Crippen LogP) is 1.20. The summed E-state index contributed by atoms with van der Waals surface area (Å²) < 4.78 is 1.74. The van der Waals surface area contributed by atoms with Crippen LogP contribution in [0.4, 0.5) is 0 Å². The third-order valence-electron chi connectivity index (χ3n) is 3.78. The molecular formula is C14H24N4O. The Bertz CT molecular complexity index is 435. The number of rotatable bonds is 4. The number of aromatic nitrogens is 2. The molecule has 5 nitrogen and oxygen atoms in total. The van der Waals surface area contributed by atoms with Crippen LogP contribution < -0.4 is 5.32 Å². The van der Waals surface area contributed by atoms with Crippen molar-refractivity contribution in [3.63, 3.8) is 0 Å². The Morgan fingerprint density at radius 1 is 1.58 bits per heavy atom. The number of likely N-dealkylation sites (N-methyl/N-ethyl adjacent to an activating group) is 1. The quantitative estimate of drug-likeness (QED) is 0.889. The van der Waals surface area contributed by atoms with Crippen molar-refractivity contribution in [2.24, 2.45) is 7.05 Å². The lowest BCUT2D eigenvalue weighted by Crippen LogP contribution is -2.48. The van der Waals surface area contributed by atoms with E-state index in [1.54, 1.807) is 4.68 Å². The lowest BCUT2D eigenvalue weighted by atomic mass is 10.0. The Morgan fingerprint density at radius 3 is 2.95 bits per heavy atom. The standard InChI is InChI=1S/C14H24N4O/c1-4-13-12(10-17(3)16-13)14(19)18(5-2)11-7-6-8-15-9-11/h10-11,15H,4-9H2,1-3H3. The van der Waals surface area contributed by atoms with Crippen molar-refractivity contribution in [3.8, 4) is 0 Å². The van der Waals surface area contributed by atoms with Crippen molar-refractivity contribution >= 4 is 5.91 Å². The summed E-state index contributed by atoms with van der Waals surface area (Å²) in [5.74, 6) is 0.126. The maximum atomic E-state index is 12.7. The molecule has 1 unspecified atom stereocenters. The lowest BCUT2D eigenvalue weighted by molar-refractivity contribution is 0.0661. The number of hydrogen-bond donors (Lipinski definition) is 1. The Morgan fingerprint density at radius 2 is 2.37 bits per heavy atom. The molecule has 106 valence electrons. The first-order chi connectivity index (χ1) is 9.17. The monoisotopic (exact) mass is 264 g/mol. The van der Waals surface area contributed by atoms with E-state index in [9.17, 15) is 4.79 Å². The molecule has 1 atom stereocenters. The number of piperidine rings is 1. The molecule has 0 bridgehead atoms. The Kier molecular flexibility index (Phi) is 4.58. The van der Waals surface area contributed by atoms with E-state index in [1.165, 1.54) is 0 Å². The molecule has 1 saturated heterocycles. The van der Waals surface area contributed by atoms with Gasteiger partial charge in [-0.15, -0.1) is 0 Å². The molecule has 0 aliphatic carbocycles. The number of amides is 1. The zero-order valence-electron chi connectivity index (χ0n) is 12.1. The van der Waals surface area contributed by atoms with E-state index in [1.807, 2.05) is 25.1 Å². The second-order valence-electron chi connectivity index (χ2n) is 5.11. The van der Waals surface area contributed by atoms with Crippen molar-refractivity contribution < 1.29 is 4.79 Å². The topological polar surface area (TPSA) is 50.2 Å². The van der Waals surface area contributed by atoms with Crippen LogP contribution >= 0.6 is 0 Å². The van der Waals surface area contributed by atoms with Gasteiger partial charge in [-0.3, -0.25) is 9.48 Å². The first kappa shape index (κ1) is 14.1. The zero-order valence-corrected chi connectivity index (χ0v) is 12.1. The number of carbonyl (C=O) groups excluding carboxylic acids is 1. The Labute approximate surface area is 115 Å². The normalized spacial score (nSPS) is 19.4. The summed E-state index contributed by atoms with van der Waals surface area (Å²) >= 11 is 0. The van der Waals surface area contributed by atoms with Gasteiger partial charge in [-0.2, -0.15) is 5.10 Å². The van der Waals surface area contributed by atoms with E-state index >= 15 is 0 Å². The van der Waals surface area contributed by atoms with E-state index in [-0.39, 0.29) is 5.91 Å². The maximum absolute atomic E-state index is 12.7. The third-order valence-corrected chi connectivity index (χ3v) is 3.78. The summed E-state index contributed by atoms with van der Waals surface area (Å²) in [5, 5.41) is 7.74. The van der Waals surface area contributed by atoms with Crippen molar-refractivity contribution in [2.45, 2.75) is 39.2 Å². The van der Waals surface area contributed by atoms with Gasteiger partial charge >= 0.3 is 0 Å². The number of carbonyl (C=O) groups is 1. The molecule has 1 aliphatic heterocycles. The van der Waals surface area contributed by atoms with Gasteiger partial charge in [0.25, 0.3) is 5.91 Å². The SMILES string of the molecule is CCc1nn(C)cc1C(=O)N(CC)C1CCCNC1. The summed E-state index contributed by atoms with van der Waals surface area (Å²) in [4.78, 5) is 14.7. The minimum Gasteiger partial charge on any atom is -0.335 e. The highest BCUT2D eigenvalue weighted by atomic mass is 16.2. The van der Waals surface area contributed by atoms with Crippen LogP contribution in [-0.4, -0.2) is 46.3 Å². The molecule has 2 rings (SSSR count). The number of aryl methyl sites for hydroxylation is 2. The van der Waals surface area contributed by atoms with Crippen LogP contribution in [0.5, 0.6) is 0 Å². The molecule has 1 N–H and O–H groups in total. The molecule has 1 amide bonds. The Balaban J connectivity index is 2.19. The van der Waals surface area contributed by atoms with Crippen LogP contribution in [0.25, 0.3) is 0 Å². The van der Waals surface area contributed by atoms with Crippen LogP contribution in [0.2, 0.25) is 0 Å². The highest BCUT2D eigenvalue weighted by molar-refractivity contribution is 5.95. The van der Waals surface area contributed by atoms with Gasteiger partial charge in [-0.1, -0.05) is 6.92 Å². The predicted molar refractivity (Wildman–Crippen MR) is 75.2 cm³/mol. The molecule has 2 heterocycles. The molecule has 19 heavy (non-hydrogen) atoms. The largest absolute Gasteiger partial charge is 0.335 e. The van der Waals surface area contributed by atoms with E-state index in [0.717, 1.165) is 50.2 Å². The summed E-state index contributed by atoms with van der Waals surface area (Å²) in [5.41, 5.74) is 1.66. The highest BCUT2D eigenvalue weighted by Crippen LogP contribution is 2.16. The van der Waals surface area contributed by atoms with E-state index in [2.05, 4.69) is 17.3 Å². The lowest BCUT2D eigenvalue weighted by Gasteiger charge is -2.34. The molecule has 1 fully saturated rings. The molecule has 0 spiro atoms. The van der Waals surface area contributed by atoms with Gasteiger partial charge in [0.05, 0.1) is 11.3 Å². The van der Waals surface area contributed by atoms with Gasteiger partial charge < -0.3 is 10.2 Å². The molecular weight excluding hydrogens is 240 g/mol. The minimum atomic E-state index is 0.126. The van der Waals surface area contributed by atoms with Crippen LogP contribution in [0, 0.1) is 0 Å². The summed E-state index contributed by atoms with van der Waals surface area (Å²) in [6.07, 6.45) is 4.87. The summed E-state index contributed by atoms with van der Waals surface area (Å²) in [6.45, 7) is 6.81. The van der Waals surface area contributed by atoms with Gasteiger partial charge in [0.1, 0.15) is 0 Å². The fraction of sp³-hybridized carbons (Fsp3) is 0.714. The maximum Gasteiger partial charge on any atom is 0.257 e. The van der Waals surface area contributed by atoms with Crippen molar-refractivity contribution in [3.05, 3.63) is 17.5 Å². The molecule has 0 saturated carbocycles. The van der Waals surface area contributed by atoms with E-state index in [0.29, 0.717) is 6.04 Å². The van der Waals surface area contributed by atoms with Crippen molar-refractivity contribution in [2.75, 3.05) is 19.6 Å². The average molecular weight is 264 g/mol. The third kappa shape index (κ3) is 2.97. The second kappa shape index (κ2) is 6.19. The summed E-state index contributed by atoms with van der Waals surface area (Å²) in [7, 11) is 1.87. The van der Waals surface area contributed by atoms with Crippen LogP contribution in [0.1, 0.15) is 42.7 Å². The number of nitrogens with zero attached hydrogens (tertiary/aromatic N) is 3. The van der Waals surface area contributed by atoms with Crippen molar-refractivity contribution in [1.82, 2.24) is 20.0 Å². The fourth-order valence-electron chi connectivity index (χ4n) is 2.80. The molecule has 1 aromatic rings. The summed E-state index contributed by atoms with van der Waals surface area (Å²) in [6, 6.07) is 0.316. The fourth-order valence-corrected chi connectivity index (χ4v) is 2.80. The Hall–Kier alpha value is -1.36. The van der Waals surface area contributed by atoms with Gasteiger partial charge in [0.15, 0.2) is 0 Å². The number of hydrogen-bond acceptors (Lipinski definition) is 3. The van der Waals surface area contributed by atoms with Gasteiger partial charge in [-0.25, -0.2) is 0 Å². The second-order valence-corrected chi connectivity index (χ2v) is 5.11. The first-order valence-electron chi connectivity index (χ1n) is 7.21. The van der Waals surface area contributed by atoms with E-state index in [4.69, 9.17) is 0 Å². The van der Waals surface area contributed by atoms with Crippen LogP contribution in [0.15, 0.2) is 6.20 Å². The van der Waals surface area contributed by atoms with Crippen LogP contribution in [-0.2, 0) is 13.5 Å². The molecule has 0 aromatic carbocycles. The van der Waals surface area contributed by atoms with E-state index < -0.39 is 0 Å². The zero-order chi connectivity index (χ0) is 13.8. The highest BCUT2D eigenvalue weighted by Gasteiger charge is 2.27. The molecule has 0 radical (unpaired) electrons. The van der Waals surface area contributed by atoms with Gasteiger partial charge in [0, 0.05) is 32.4 Å². The molecule has 1 aliphatic rings. The average Bonchev–Trinajstić information content (AvgIpc) is 2.82. The number of nitrogens with one attached hydrogen (secondary N) is 1. The van der Waals surface area contributed by atoms with Crippen molar-refractivity contribution in [1.29, 1.82) is 0 Å².